The highest BCUT2D eigenvalue weighted by atomic mass is 16.5. The standard InChI is InChI=1S/C15H20N2O2/c1-5-6-7-17-11(2)8-13(9-12(17)3)14(10-16)15(18)19-4/h8-9H,5-7H2,1-4H3. The van der Waals surface area contributed by atoms with Gasteiger partial charge in [0.05, 0.1) is 7.11 Å². The molecule has 0 spiro atoms. The van der Waals surface area contributed by atoms with Crippen molar-refractivity contribution in [2.75, 3.05) is 13.7 Å². The molecule has 0 radical (unpaired) electrons. The molecule has 0 unspecified atom stereocenters. The lowest BCUT2D eigenvalue weighted by molar-refractivity contribution is -0.135. The van der Waals surface area contributed by atoms with E-state index in [1.165, 1.54) is 7.11 Å². The molecule has 1 heterocycles. The summed E-state index contributed by atoms with van der Waals surface area (Å²) in [7, 11) is 1.28. The molecule has 1 rings (SSSR count). The lowest BCUT2D eigenvalue weighted by Gasteiger charge is -2.29. The normalized spacial score (nSPS) is 14.5. The van der Waals surface area contributed by atoms with Crippen molar-refractivity contribution in [2.45, 2.75) is 33.6 Å². The van der Waals surface area contributed by atoms with E-state index < -0.39 is 5.97 Å². The molecule has 102 valence electrons. The van der Waals surface area contributed by atoms with Crippen molar-refractivity contribution in [2.24, 2.45) is 0 Å². The minimum absolute atomic E-state index is 0.0522. The molecule has 0 saturated carbocycles. The van der Waals surface area contributed by atoms with Gasteiger partial charge in [-0.05, 0) is 32.4 Å². The summed E-state index contributed by atoms with van der Waals surface area (Å²) < 4.78 is 4.63. The van der Waals surface area contributed by atoms with E-state index in [9.17, 15) is 4.79 Å². The Bertz CT molecular complexity index is 471. The largest absolute Gasteiger partial charge is 0.465 e. The van der Waals surface area contributed by atoms with Gasteiger partial charge in [0.1, 0.15) is 11.6 Å². The van der Waals surface area contributed by atoms with Crippen molar-refractivity contribution in [3.05, 3.63) is 34.7 Å². The average Bonchev–Trinajstić information content (AvgIpc) is 2.38. The molecular weight excluding hydrogens is 240 g/mol. The highest BCUT2D eigenvalue weighted by Crippen LogP contribution is 2.25. The number of nitrogens with zero attached hydrogens (tertiary/aromatic N) is 2. The Hall–Kier alpha value is -2.02. The van der Waals surface area contributed by atoms with Crippen LogP contribution in [0.25, 0.3) is 0 Å². The number of rotatable bonds is 4. The zero-order valence-corrected chi connectivity index (χ0v) is 12.0. The Kier molecular flexibility index (Phi) is 5.37. The summed E-state index contributed by atoms with van der Waals surface area (Å²) in [6.45, 7) is 7.07. The number of hydrogen-bond acceptors (Lipinski definition) is 4. The molecule has 0 aromatic carbocycles. The Morgan fingerprint density at radius 1 is 1.37 bits per heavy atom. The quantitative estimate of drug-likeness (QED) is 0.443. The summed E-state index contributed by atoms with van der Waals surface area (Å²) in [5.41, 5.74) is 2.76. The molecular formula is C15H20N2O2. The van der Waals surface area contributed by atoms with Crippen LogP contribution < -0.4 is 0 Å². The summed E-state index contributed by atoms with van der Waals surface area (Å²) in [6, 6.07) is 1.92. The van der Waals surface area contributed by atoms with Gasteiger partial charge < -0.3 is 9.64 Å². The molecule has 0 aromatic heterocycles. The first-order valence-electron chi connectivity index (χ1n) is 6.42. The van der Waals surface area contributed by atoms with Gasteiger partial charge in [0.15, 0.2) is 0 Å². The predicted octanol–water partition coefficient (Wildman–Crippen LogP) is 2.90. The van der Waals surface area contributed by atoms with Crippen LogP contribution in [0.15, 0.2) is 34.7 Å². The van der Waals surface area contributed by atoms with Crippen LogP contribution in [0.3, 0.4) is 0 Å². The molecule has 0 saturated heterocycles. The maximum absolute atomic E-state index is 11.5. The van der Waals surface area contributed by atoms with E-state index in [1.807, 2.05) is 32.1 Å². The van der Waals surface area contributed by atoms with E-state index in [0.29, 0.717) is 5.57 Å². The number of carbonyl (C=O) groups is 1. The fourth-order valence-electron chi connectivity index (χ4n) is 2.07. The Morgan fingerprint density at radius 2 is 1.95 bits per heavy atom. The molecule has 0 N–H and O–H groups in total. The molecule has 1 aliphatic heterocycles. The fourth-order valence-corrected chi connectivity index (χ4v) is 2.07. The van der Waals surface area contributed by atoms with Gasteiger partial charge in [-0.25, -0.2) is 4.79 Å². The molecule has 0 atom stereocenters. The number of carbonyl (C=O) groups excluding carboxylic acids is 1. The third-order valence-corrected chi connectivity index (χ3v) is 3.11. The Morgan fingerprint density at radius 3 is 2.37 bits per heavy atom. The zero-order chi connectivity index (χ0) is 14.4. The Balaban J connectivity index is 3.11. The van der Waals surface area contributed by atoms with Crippen LogP contribution in [0.2, 0.25) is 0 Å². The summed E-state index contributed by atoms with van der Waals surface area (Å²) in [6.07, 6.45) is 5.96. The molecule has 0 aliphatic carbocycles. The van der Waals surface area contributed by atoms with E-state index in [-0.39, 0.29) is 5.57 Å². The molecule has 0 fully saturated rings. The summed E-state index contributed by atoms with van der Waals surface area (Å²) >= 11 is 0. The van der Waals surface area contributed by atoms with Crippen molar-refractivity contribution < 1.29 is 9.53 Å². The SMILES string of the molecule is CCCCN1C(C)=CC(=C(C#N)C(=O)OC)C=C1C. The van der Waals surface area contributed by atoms with E-state index in [4.69, 9.17) is 5.26 Å². The second kappa shape index (κ2) is 6.79. The fraction of sp³-hybridized carbons (Fsp3) is 0.467. The topological polar surface area (TPSA) is 53.3 Å². The first kappa shape index (κ1) is 15.0. The van der Waals surface area contributed by atoms with Gasteiger partial charge in [0.25, 0.3) is 0 Å². The highest BCUT2D eigenvalue weighted by molar-refractivity contribution is 5.95. The average molecular weight is 260 g/mol. The maximum Gasteiger partial charge on any atom is 0.349 e. The third kappa shape index (κ3) is 3.47. The summed E-state index contributed by atoms with van der Waals surface area (Å²) in [4.78, 5) is 13.7. The van der Waals surface area contributed by atoms with E-state index >= 15 is 0 Å². The molecule has 1 aliphatic rings. The van der Waals surface area contributed by atoms with Crippen LogP contribution in [-0.4, -0.2) is 24.5 Å². The smallest absolute Gasteiger partial charge is 0.349 e. The third-order valence-electron chi connectivity index (χ3n) is 3.11. The van der Waals surface area contributed by atoms with Gasteiger partial charge in [-0.1, -0.05) is 13.3 Å². The monoisotopic (exact) mass is 260 g/mol. The number of hydrogen-bond donors (Lipinski definition) is 0. The molecule has 19 heavy (non-hydrogen) atoms. The second-order valence-electron chi connectivity index (χ2n) is 4.51. The van der Waals surface area contributed by atoms with E-state index in [0.717, 1.165) is 30.8 Å². The van der Waals surface area contributed by atoms with Gasteiger partial charge in [-0.3, -0.25) is 0 Å². The molecule has 4 nitrogen and oxygen atoms in total. The molecule has 0 aromatic rings. The van der Waals surface area contributed by atoms with Gasteiger partial charge in [-0.2, -0.15) is 5.26 Å². The number of methoxy groups -OCH3 is 1. The first-order chi connectivity index (χ1) is 9.04. The number of allylic oxidation sites excluding steroid dienone is 5. The second-order valence-corrected chi connectivity index (χ2v) is 4.51. The zero-order valence-electron chi connectivity index (χ0n) is 12.0. The summed E-state index contributed by atoms with van der Waals surface area (Å²) in [5.74, 6) is -0.590. The van der Waals surface area contributed by atoms with Crippen LogP contribution >= 0.6 is 0 Å². The van der Waals surface area contributed by atoms with Crippen molar-refractivity contribution >= 4 is 5.97 Å². The van der Waals surface area contributed by atoms with Gasteiger partial charge in [0.2, 0.25) is 0 Å². The van der Waals surface area contributed by atoms with Gasteiger partial charge >= 0.3 is 5.97 Å². The van der Waals surface area contributed by atoms with Crippen LogP contribution in [0.4, 0.5) is 0 Å². The van der Waals surface area contributed by atoms with Crippen molar-refractivity contribution in [3.63, 3.8) is 0 Å². The van der Waals surface area contributed by atoms with Gasteiger partial charge in [0, 0.05) is 23.5 Å². The first-order valence-corrected chi connectivity index (χ1v) is 6.42. The number of unbranched alkanes of at least 4 members (excludes halogenated alkanes) is 1. The highest BCUT2D eigenvalue weighted by Gasteiger charge is 2.19. The molecule has 0 amide bonds. The Labute approximate surface area is 114 Å². The lowest BCUT2D eigenvalue weighted by Crippen LogP contribution is -2.24. The molecule has 0 bridgehead atoms. The molecule has 4 heteroatoms. The van der Waals surface area contributed by atoms with Gasteiger partial charge in [-0.15, -0.1) is 0 Å². The predicted molar refractivity (Wildman–Crippen MR) is 73.8 cm³/mol. The van der Waals surface area contributed by atoms with E-state index in [1.54, 1.807) is 0 Å². The minimum Gasteiger partial charge on any atom is -0.465 e. The van der Waals surface area contributed by atoms with Crippen molar-refractivity contribution in [1.82, 2.24) is 4.90 Å². The van der Waals surface area contributed by atoms with Crippen LogP contribution in [0.5, 0.6) is 0 Å². The lowest BCUT2D eigenvalue weighted by atomic mass is 10.0. The van der Waals surface area contributed by atoms with Crippen LogP contribution in [0, 0.1) is 11.3 Å². The summed E-state index contributed by atoms with van der Waals surface area (Å²) in [5, 5.41) is 9.08. The van der Waals surface area contributed by atoms with Crippen LogP contribution in [0.1, 0.15) is 33.6 Å². The number of ether oxygens (including phenoxy) is 1. The number of nitriles is 1. The van der Waals surface area contributed by atoms with Crippen LogP contribution in [-0.2, 0) is 9.53 Å². The van der Waals surface area contributed by atoms with Crippen molar-refractivity contribution in [3.8, 4) is 6.07 Å². The van der Waals surface area contributed by atoms with E-state index in [2.05, 4.69) is 16.6 Å². The minimum atomic E-state index is -0.590. The number of esters is 1. The maximum atomic E-state index is 11.5. The van der Waals surface area contributed by atoms with Crippen molar-refractivity contribution in [1.29, 1.82) is 5.26 Å².